The van der Waals surface area contributed by atoms with Crippen molar-refractivity contribution in [3.05, 3.63) is 16.1 Å². The summed E-state index contributed by atoms with van der Waals surface area (Å²) in [6.45, 7) is 5.66. The molecule has 2 rings (SSSR count). The van der Waals surface area contributed by atoms with Crippen molar-refractivity contribution in [3.8, 4) is 0 Å². The van der Waals surface area contributed by atoms with Gasteiger partial charge in [-0.05, 0) is 26.7 Å². The first-order chi connectivity index (χ1) is 11.4. The Kier molecular flexibility index (Phi) is 9.60. The van der Waals surface area contributed by atoms with Gasteiger partial charge >= 0.3 is 0 Å². The second kappa shape index (κ2) is 10.6. The summed E-state index contributed by atoms with van der Waals surface area (Å²) >= 11 is 1.71. The number of hydrogen-bond acceptors (Lipinski definition) is 5. The van der Waals surface area contributed by atoms with Crippen molar-refractivity contribution in [1.29, 1.82) is 0 Å². The number of rotatable bonds is 6. The summed E-state index contributed by atoms with van der Waals surface area (Å²) in [5, 5.41) is 7.81. The fourth-order valence-corrected chi connectivity index (χ4v) is 4.57. The van der Waals surface area contributed by atoms with Gasteiger partial charge in [0.15, 0.2) is 5.96 Å². The molecule has 0 radical (unpaired) electrons. The van der Waals surface area contributed by atoms with Crippen molar-refractivity contribution < 1.29 is 8.42 Å². The van der Waals surface area contributed by atoms with Crippen molar-refractivity contribution in [2.75, 3.05) is 32.4 Å². The molecule has 2 heterocycles. The van der Waals surface area contributed by atoms with Crippen molar-refractivity contribution in [2.45, 2.75) is 39.2 Å². The molecule has 0 atom stereocenters. The van der Waals surface area contributed by atoms with Gasteiger partial charge in [-0.25, -0.2) is 17.7 Å². The van der Waals surface area contributed by atoms with Crippen LogP contribution in [0.5, 0.6) is 0 Å². The van der Waals surface area contributed by atoms with Gasteiger partial charge in [0.25, 0.3) is 0 Å². The van der Waals surface area contributed by atoms with Crippen LogP contribution in [-0.4, -0.2) is 62.1 Å². The van der Waals surface area contributed by atoms with Gasteiger partial charge in [-0.15, -0.1) is 35.3 Å². The highest BCUT2D eigenvalue weighted by Crippen LogP contribution is 2.14. The highest BCUT2D eigenvalue weighted by Gasteiger charge is 2.26. The van der Waals surface area contributed by atoms with Gasteiger partial charge in [-0.1, -0.05) is 0 Å². The van der Waals surface area contributed by atoms with Crippen LogP contribution >= 0.6 is 35.3 Å². The summed E-state index contributed by atoms with van der Waals surface area (Å²) in [7, 11) is -1.32. The molecule has 0 spiro atoms. The number of hydrogen-bond donors (Lipinski definition) is 2. The van der Waals surface area contributed by atoms with E-state index in [-0.39, 0.29) is 35.8 Å². The minimum Gasteiger partial charge on any atom is -0.356 e. The Hall–Kier alpha value is -0.460. The molecule has 1 saturated heterocycles. The van der Waals surface area contributed by atoms with Gasteiger partial charge in [-0.3, -0.25) is 4.99 Å². The number of aromatic nitrogens is 1. The average Bonchev–Trinajstić information content (AvgIpc) is 2.99. The van der Waals surface area contributed by atoms with Crippen molar-refractivity contribution in [3.63, 3.8) is 0 Å². The van der Waals surface area contributed by atoms with E-state index in [0.717, 1.165) is 36.8 Å². The highest BCUT2D eigenvalue weighted by atomic mass is 127. The summed E-state index contributed by atoms with van der Waals surface area (Å²) in [5.41, 5.74) is 0. The Bertz CT molecular complexity index is 655. The van der Waals surface area contributed by atoms with Gasteiger partial charge in [0, 0.05) is 50.2 Å². The molecule has 1 aliphatic rings. The normalized spacial score (nSPS) is 17.2. The van der Waals surface area contributed by atoms with Crippen LogP contribution in [0.4, 0.5) is 0 Å². The van der Waals surface area contributed by atoms with E-state index in [1.165, 1.54) is 4.88 Å². The van der Waals surface area contributed by atoms with Crippen LogP contribution in [-0.2, 0) is 16.4 Å². The molecule has 0 unspecified atom stereocenters. The topological polar surface area (TPSA) is 86.7 Å². The third-order valence-corrected chi connectivity index (χ3v) is 6.93. The number of piperidine rings is 1. The summed E-state index contributed by atoms with van der Waals surface area (Å²) < 4.78 is 25.4. The number of aryl methyl sites for hydroxylation is 1. The summed E-state index contributed by atoms with van der Waals surface area (Å²) in [6.07, 6.45) is 4.36. The summed E-state index contributed by atoms with van der Waals surface area (Å²) in [6, 6.07) is 0.251. The fraction of sp³-hybridized carbons (Fsp3) is 0.733. The van der Waals surface area contributed by atoms with E-state index >= 15 is 0 Å². The lowest BCUT2D eigenvalue weighted by atomic mass is 10.1. The van der Waals surface area contributed by atoms with Gasteiger partial charge in [0.1, 0.15) is 0 Å². The Morgan fingerprint density at radius 2 is 2.12 bits per heavy atom. The third kappa shape index (κ3) is 6.99. The first-order valence-electron chi connectivity index (χ1n) is 8.31. The monoisotopic (exact) mass is 501 g/mol. The molecule has 1 aromatic rings. The zero-order chi connectivity index (χ0) is 17.6. The number of aliphatic imine (C=N–C) groups is 1. The van der Waals surface area contributed by atoms with Crippen molar-refractivity contribution in [2.24, 2.45) is 4.99 Å². The molecule has 1 fully saturated rings. The Balaban J connectivity index is 0.00000312. The van der Waals surface area contributed by atoms with Crippen molar-refractivity contribution >= 4 is 51.3 Å². The smallest absolute Gasteiger partial charge is 0.213 e. The fourth-order valence-electron chi connectivity index (χ4n) is 2.65. The Morgan fingerprint density at radius 3 is 2.64 bits per heavy atom. The van der Waals surface area contributed by atoms with Crippen LogP contribution in [0, 0.1) is 6.92 Å². The molecule has 0 aliphatic carbocycles. The molecule has 0 aromatic carbocycles. The first-order valence-corrected chi connectivity index (χ1v) is 10.7. The second-order valence-corrected chi connectivity index (χ2v) is 9.41. The van der Waals surface area contributed by atoms with E-state index in [0.29, 0.717) is 13.1 Å². The molecule has 0 bridgehead atoms. The molecular formula is C15H28IN5O2S2. The van der Waals surface area contributed by atoms with Gasteiger partial charge < -0.3 is 10.6 Å². The molecule has 1 aliphatic heterocycles. The molecule has 2 N–H and O–H groups in total. The Labute approximate surface area is 171 Å². The highest BCUT2D eigenvalue weighted by molar-refractivity contribution is 14.0. The maximum absolute atomic E-state index is 11.9. The van der Waals surface area contributed by atoms with Crippen LogP contribution in [0.2, 0.25) is 0 Å². The summed E-state index contributed by atoms with van der Waals surface area (Å²) in [5.74, 6) is 0.935. The van der Waals surface area contributed by atoms with E-state index in [9.17, 15) is 8.42 Å². The molecule has 0 amide bonds. The van der Waals surface area contributed by atoms with Gasteiger partial charge in [0.2, 0.25) is 10.0 Å². The van der Waals surface area contributed by atoms with Crippen molar-refractivity contribution in [1.82, 2.24) is 19.9 Å². The maximum atomic E-state index is 11.9. The maximum Gasteiger partial charge on any atom is 0.213 e. The molecule has 144 valence electrons. The number of sulfonamides is 1. The molecule has 10 heteroatoms. The largest absolute Gasteiger partial charge is 0.356 e. The number of nitrogens with one attached hydrogen (secondary N) is 2. The van der Waals surface area contributed by atoms with E-state index in [4.69, 9.17) is 0 Å². The van der Waals surface area contributed by atoms with E-state index in [2.05, 4.69) is 27.5 Å². The van der Waals surface area contributed by atoms with E-state index in [1.54, 1.807) is 29.6 Å². The number of guanidine groups is 1. The zero-order valence-electron chi connectivity index (χ0n) is 15.0. The van der Waals surface area contributed by atoms with Crippen LogP contribution in [0.15, 0.2) is 11.2 Å². The molecule has 1 aromatic heterocycles. The second-order valence-electron chi connectivity index (χ2n) is 5.83. The molecule has 7 nitrogen and oxygen atoms in total. The van der Waals surface area contributed by atoms with E-state index in [1.807, 2.05) is 6.20 Å². The third-order valence-electron chi connectivity index (χ3n) is 4.08. The predicted molar refractivity (Wildman–Crippen MR) is 115 cm³/mol. The SMILES string of the molecule is CCS(=O)(=O)N1CCC(NC(=NC)NCCc2ncc(C)s2)CC1.I. The minimum atomic E-state index is -3.07. The lowest BCUT2D eigenvalue weighted by Crippen LogP contribution is -2.50. The lowest BCUT2D eigenvalue weighted by molar-refractivity contribution is 0.306. The van der Waals surface area contributed by atoms with E-state index < -0.39 is 10.0 Å². The quantitative estimate of drug-likeness (QED) is 0.351. The van der Waals surface area contributed by atoms with Gasteiger partial charge in [0.05, 0.1) is 10.8 Å². The van der Waals surface area contributed by atoms with Crippen LogP contribution < -0.4 is 10.6 Å². The Morgan fingerprint density at radius 1 is 1.44 bits per heavy atom. The van der Waals surface area contributed by atoms with Crippen LogP contribution in [0.25, 0.3) is 0 Å². The molecular weight excluding hydrogens is 473 g/mol. The lowest BCUT2D eigenvalue weighted by Gasteiger charge is -2.32. The zero-order valence-corrected chi connectivity index (χ0v) is 19.0. The number of thiazole rings is 1. The average molecular weight is 501 g/mol. The first kappa shape index (κ1) is 22.6. The summed E-state index contributed by atoms with van der Waals surface area (Å²) in [4.78, 5) is 9.82. The predicted octanol–water partition coefficient (Wildman–Crippen LogP) is 1.59. The van der Waals surface area contributed by atoms with Crippen LogP contribution in [0.1, 0.15) is 29.7 Å². The number of nitrogens with zero attached hydrogens (tertiary/aromatic N) is 3. The minimum absolute atomic E-state index is 0. The van der Waals surface area contributed by atoms with Gasteiger partial charge in [-0.2, -0.15) is 0 Å². The van der Waals surface area contributed by atoms with Crippen LogP contribution in [0.3, 0.4) is 0 Å². The molecule has 0 saturated carbocycles. The number of halogens is 1. The molecule has 25 heavy (non-hydrogen) atoms. The standard InChI is InChI=1S/C15H27N5O2S2.HI/c1-4-24(21,22)20-9-6-13(7-10-20)19-15(16-3)17-8-5-14-18-11-12(2)23-14;/h11,13H,4-10H2,1-3H3,(H2,16,17,19);1H.